The number of benzene rings is 1. The van der Waals surface area contributed by atoms with E-state index in [-0.39, 0.29) is 17.4 Å². The van der Waals surface area contributed by atoms with Gasteiger partial charge in [0, 0.05) is 46.4 Å². The van der Waals surface area contributed by atoms with Crippen molar-refractivity contribution in [2.45, 2.75) is 32.2 Å². The van der Waals surface area contributed by atoms with Crippen molar-refractivity contribution in [2.24, 2.45) is 0 Å². The van der Waals surface area contributed by atoms with Gasteiger partial charge in [0.05, 0.1) is 6.04 Å². The molecule has 1 amide bonds. The average molecular weight is 399 g/mol. The summed E-state index contributed by atoms with van der Waals surface area (Å²) in [5.74, 6) is -0.118. The van der Waals surface area contributed by atoms with E-state index in [1.54, 1.807) is 24.7 Å². The Labute approximate surface area is 173 Å². The Morgan fingerprint density at radius 2 is 1.77 bits per heavy atom. The summed E-state index contributed by atoms with van der Waals surface area (Å²) in [5.41, 5.74) is 5.66. The fourth-order valence-electron chi connectivity index (χ4n) is 3.99. The van der Waals surface area contributed by atoms with Gasteiger partial charge in [-0.1, -0.05) is 38.1 Å². The van der Waals surface area contributed by atoms with Gasteiger partial charge >= 0.3 is 0 Å². The number of amides is 1. The van der Waals surface area contributed by atoms with E-state index >= 15 is 0 Å². The van der Waals surface area contributed by atoms with E-state index in [1.165, 1.54) is 0 Å². The minimum atomic E-state index is -0.277. The number of hydrogen-bond acceptors (Lipinski definition) is 5. The van der Waals surface area contributed by atoms with Crippen molar-refractivity contribution in [1.82, 2.24) is 20.3 Å². The fraction of sp³-hybridized carbons (Fsp3) is 0.217. The molecule has 1 aromatic carbocycles. The molecule has 0 saturated carbocycles. The van der Waals surface area contributed by atoms with Gasteiger partial charge < -0.3 is 4.52 Å². The Balaban J connectivity index is 1.64. The number of H-pyrrole nitrogens is 1. The standard InChI is InChI=1S/C23H21N5O2/c1-23(2,3)21-18-19(25-26-21)22(29)28(20(18)15-8-11-24-12-9-15)16-6-4-14(5-7-16)17-10-13-30-27-17/h4-13,20H,1-3H3,(H,25,26). The first kappa shape index (κ1) is 18.3. The SMILES string of the molecule is CC(C)(C)c1[nH]nc2c1C(c1ccncc1)N(c1ccc(-c3ccon3)cc1)C2=O. The van der Waals surface area contributed by atoms with Gasteiger partial charge in [0.15, 0.2) is 5.69 Å². The van der Waals surface area contributed by atoms with Crippen LogP contribution in [0.1, 0.15) is 54.1 Å². The van der Waals surface area contributed by atoms with Crippen molar-refractivity contribution in [2.75, 3.05) is 4.90 Å². The highest BCUT2D eigenvalue weighted by Crippen LogP contribution is 2.45. The molecule has 1 unspecified atom stereocenters. The maximum atomic E-state index is 13.4. The smallest absolute Gasteiger partial charge is 0.280 e. The topological polar surface area (TPSA) is 87.9 Å². The van der Waals surface area contributed by atoms with Crippen LogP contribution >= 0.6 is 0 Å². The summed E-state index contributed by atoms with van der Waals surface area (Å²) in [6.45, 7) is 6.35. The van der Waals surface area contributed by atoms with Crippen LogP contribution in [0.2, 0.25) is 0 Å². The second-order valence-electron chi connectivity index (χ2n) is 8.40. The molecule has 5 rings (SSSR count). The number of carbonyl (C=O) groups excluding carboxylic acids is 1. The van der Waals surface area contributed by atoms with Crippen LogP contribution in [0.3, 0.4) is 0 Å². The summed E-state index contributed by atoms with van der Waals surface area (Å²) in [4.78, 5) is 19.4. The number of carbonyl (C=O) groups is 1. The van der Waals surface area contributed by atoms with Gasteiger partial charge in [0.2, 0.25) is 0 Å². The minimum absolute atomic E-state index is 0.118. The Kier molecular flexibility index (Phi) is 4.06. The first-order valence-corrected chi connectivity index (χ1v) is 9.78. The largest absolute Gasteiger partial charge is 0.364 e. The number of anilines is 1. The van der Waals surface area contributed by atoms with E-state index in [2.05, 4.69) is 41.1 Å². The van der Waals surface area contributed by atoms with E-state index in [1.807, 2.05) is 41.3 Å². The number of nitrogens with one attached hydrogen (secondary N) is 1. The summed E-state index contributed by atoms with van der Waals surface area (Å²) in [7, 11) is 0. The third-order valence-electron chi connectivity index (χ3n) is 5.41. The molecule has 3 aromatic heterocycles. The first-order valence-electron chi connectivity index (χ1n) is 9.78. The summed E-state index contributed by atoms with van der Waals surface area (Å²) in [5, 5.41) is 11.5. The predicted molar refractivity (Wildman–Crippen MR) is 112 cm³/mol. The van der Waals surface area contributed by atoms with Gasteiger partial charge in [0.1, 0.15) is 12.0 Å². The second kappa shape index (κ2) is 6.66. The minimum Gasteiger partial charge on any atom is -0.364 e. The summed E-state index contributed by atoms with van der Waals surface area (Å²) in [6.07, 6.45) is 5.04. The zero-order valence-electron chi connectivity index (χ0n) is 17.0. The molecule has 0 bridgehead atoms. The van der Waals surface area contributed by atoms with Crippen molar-refractivity contribution in [3.63, 3.8) is 0 Å². The molecule has 4 heterocycles. The summed E-state index contributed by atoms with van der Waals surface area (Å²) < 4.78 is 4.94. The summed E-state index contributed by atoms with van der Waals surface area (Å²) >= 11 is 0. The van der Waals surface area contributed by atoms with E-state index in [0.29, 0.717) is 5.69 Å². The van der Waals surface area contributed by atoms with Crippen molar-refractivity contribution < 1.29 is 9.32 Å². The van der Waals surface area contributed by atoms with Gasteiger partial charge in [-0.2, -0.15) is 5.10 Å². The molecular weight excluding hydrogens is 378 g/mol. The Morgan fingerprint density at radius 3 is 2.40 bits per heavy atom. The number of hydrogen-bond donors (Lipinski definition) is 1. The molecule has 1 N–H and O–H groups in total. The van der Waals surface area contributed by atoms with Gasteiger partial charge in [-0.15, -0.1) is 0 Å². The maximum absolute atomic E-state index is 13.4. The number of pyridine rings is 1. The van der Waals surface area contributed by atoms with E-state index in [4.69, 9.17) is 4.52 Å². The molecule has 150 valence electrons. The van der Waals surface area contributed by atoms with Crippen molar-refractivity contribution in [3.05, 3.63) is 83.6 Å². The van der Waals surface area contributed by atoms with Crippen LogP contribution in [0.4, 0.5) is 5.69 Å². The Hall–Kier alpha value is -3.74. The van der Waals surface area contributed by atoms with E-state index < -0.39 is 0 Å². The van der Waals surface area contributed by atoms with Crippen LogP contribution in [0.15, 0.2) is 65.6 Å². The summed E-state index contributed by atoms with van der Waals surface area (Å²) in [6, 6.07) is 13.2. The molecular formula is C23H21N5O2. The molecule has 30 heavy (non-hydrogen) atoms. The third-order valence-corrected chi connectivity index (χ3v) is 5.41. The Morgan fingerprint density at radius 1 is 1.03 bits per heavy atom. The lowest BCUT2D eigenvalue weighted by Crippen LogP contribution is -2.30. The van der Waals surface area contributed by atoms with Crippen LogP contribution in [0.25, 0.3) is 11.3 Å². The molecule has 1 aliphatic rings. The van der Waals surface area contributed by atoms with Crippen molar-refractivity contribution >= 4 is 11.6 Å². The van der Waals surface area contributed by atoms with Crippen molar-refractivity contribution in [1.29, 1.82) is 0 Å². The number of fused-ring (bicyclic) bond motifs is 1. The third kappa shape index (κ3) is 2.82. The zero-order chi connectivity index (χ0) is 20.9. The molecule has 0 aliphatic carbocycles. The number of nitrogens with zero attached hydrogens (tertiary/aromatic N) is 4. The van der Waals surface area contributed by atoms with Crippen LogP contribution in [0, 0.1) is 0 Å². The number of aromatic nitrogens is 4. The molecule has 7 nitrogen and oxygen atoms in total. The van der Waals surface area contributed by atoms with Crippen LogP contribution < -0.4 is 4.90 Å². The van der Waals surface area contributed by atoms with Crippen LogP contribution in [-0.2, 0) is 5.41 Å². The molecule has 0 radical (unpaired) electrons. The van der Waals surface area contributed by atoms with Crippen LogP contribution in [0.5, 0.6) is 0 Å². The van der Waals surface area contributed by atoms with E-state index in [0.717, 1.165) is 33.8 Å². The van der Waals surface area contributed by atoms with Gasteiger partial charge in [0.25, 0.3) is 5.91 Å². The highest BCUT2D eigenvalue weighted by Gasteiger charge is 2.44. The molecule has 0 fully saturated rings. The maximum Gasteiger partial charge on any atom is 0.280 e. The second-order valence-corrected chi connectivity index (χ2v) is 8.40. The first-order chi connectivity index (χ1) is 14.4. The van der Waals surface area contributed by atoms with Gasteiger partial charge in [-0.05, 0) is 29.8 Å². The molecule has 0 saturated heterocycles. The van der Waals surface area contributed by atoms with Gasteiger partial charge in [-0.3, -0.25) is 19.8 Å². The lowest BCUT2D eigenvalue weighted by atomic mass is 9.86. The molecule has 4 aromatic rings. The predicted octanol–water partition coefficient (Wildman–Crippen LogP) is 4.51. The number of aromatic amines is 1. The molecule has 7 heteroatoms. The average Bonchev–Trinajstić information content (AvgIpc) is 3.46. The highest BCUT2D eigenvalue weighted by atomic mass is 16.5. The van der Waals surface area contributed by atoms with Gasteiger partial charge in [-0.25, -0.2) is 0 Å². The molecule has 1 aliphatic heterocycles. The fourth-order valence-corrected chi connectivity index (χ4v) is 3.99. The molecule has 0 spiro atoms. The monoisotopic (exact) mass is 399 g/mol. The Bertz CT molecular complexity index is 1190. The lowest BCUT2D eigenvalue weighted by molar-refractivity contribution is 0.0988. The lowest BCUT2D eigenvalue weighted by Gasteiger charge is -2.28. The highest BCUT2D eigenvalue weighted by molar-refractivity contribution is 6.10. The van der Waals surface area contributed by atoms with Crippen LogP contribution in [-0.4, -0.2) is 26.2 Å². The zero-order valence-corrected chi connectivity index (χ0v) is 17.0. The molecule has 1 atom stereocenters. The quantitative estimate of drug-likeness (QED) is 0.548. The number of rotatable bonds is 3. The normalized spacial score (nSPS) is 16.2. The van der Waals surface area contributed by atoms with E-state index in [9.17, 15) is 4.79 Å². The van der Waals surface area contributed by atoms with Crippen molar-refractivity contribution in [3.8, 4) is 11.3 Å².